The number of hydrogen-bond acceptors (Lipinski definition) is 4. The van der Waals surface area contributed by atoms with Gasteiger partial charge in [0.25, 0.3) is 0 Å². The molecule has 2 atom stereocenters. The van der Waals surface area contributed by atoms with Crippen molar-refractivity contribution in [3.63, 3.8) is 0 Å². The van der Waals surface area contributed by atoms with Gasteiger partial charge in [0.2, 0.25) is 0 Å². The fourth-order valence-corrected chi connectivity index (χ4v) is 2.79. The Bertz CT molecular complexity index is 603. The third-order valence-corrected chi connectivity index (χ3v) is 3.99. The maximum absolute atomic E-state index is 10.0. The minimum atomic E-state index is -0.547. The summed E-state index contributed by atoms with van der Waals surface area (Å²) in [5.74, 6) is 0.774. The average molecular weight is 313 g/mol. The number of fused-ring (bicyclic) bond motifs is 1. The number of para-hydroxylation sites is 1. The van der Waals surface area contributed by atoms with Gasteiger partial charge in [0, 0.05) is 13.1 Å². The van der Waals surface area contributed by atoms with Crippen LogP contribution in [0.4, 0.5) is 0 Å². The second-order valence-corrected chi connectivity index (χ2v) is 5.74. The molecule has 2 N–H and O–H groups in total. The quantitative estimate of drug-likeness (QED) is 0.824. The van der Waals surface area contributed by atoms with Crippen LogP contribution in [0.25, 0.3) is 0 Å². The molecule has 2 aromatic rings. The van der Waals surface area contributed by atoms with Gasteiger partial charge in [-0.1, -0.05) is 42.5 Å². The van der Waals surface area contributed by atoms with Crippen molar-refractivity contribution in [3.05, 3.63) is 65.7 Å². The van der Waals surface area contributed by atoms with Crippen molar-refractivity contribution in [3.8, 4) is 5.75 Å². The largest absolute Gasteiger partial charge is 0.491 e. The second-order valence-electron chi connectivity index (χ2n) is 5.74. The molecule has 0 spiro atoms. The lowest BCUT2D eigenvalue weighted by molar-refractivity contribution is 0.0380. The minimum Gasteiger partial charge on any atom is -0.491 e. The van der Waals surface area contributed by atoms with Crippen LogP contribution in [0, 0.1) is 0 Å². The lowest BCUT2D eigenvalue weighted by Crippen LogP contribution is -2.35. The zero-order valence-corrected chi connectivity index (χ0v) is 13.2. The normalized spacial score (nSPS) is 18.2. The molecule has 1 aliphatic heterocycles. The summed E-state index contributed by atoms with van der Waals surface area (Å²) in [7, 11) is 0. The number of nitrogens with one attached hydrogen (secondary N) is 1. The topological polar surface area (TPSA) is 50.7 Å². The number of rotatable bonds is 7. The minimum absolute atomic E-state index is 0.0576. The van der Waals surface area contributed by atoms with Crippen LogP contribution < -0.4 is 10.1 Å². The maximum atomic E-state index is 10.0. The van der Waals surface area contributed by atoms with Crippen molar-refractivity contribution < 1.29 is 14.6 Å². The number of benzene rings is 2. The van der Waals surface area contributed by atoms with Crippen LogP contribution in [-0.4, -0.2) is 37.5 Å². The first-order chi connectivity index (χ1) is 11.3. The van der Waals surface area contributed by atoms with Gasteiger partial charge in [-0.25, -0.2) is 0 Å². The van der Waals surface area contributed by atoms with E-state index >= 15 is 0 Å². The standard InChI is InChI=1S/C19H23NO3/c21-16(14-23-17-7-2-1-3-8-17)12-20-13-19-18-9-5-4-6-15(18)10-11-22-19/h1-9,16,19-21H,10-14H2/t16-,19-/m0/s1. The van der Waals surface area contributed by atoms with Crippen LogP contribution in [0.15, 0.2) is 54.6 Å². The molecule has 0 amide bonds. The molecule has 0 saturated carbocycles. The number of ether oxygens (including phenoxy) is 2. The monoisotopic (exact) mass is 313 g/mol. The highest BCUT2D eigenvalue weighted by Gasteiger charge is 2.20. The molecular weight excluding hydrogens is 290 g/mol. The van der Waals surface area contributed by atoms with E-state index in [0.29, 0.717) is 13.1 Å². The molecule has 1 aliphatic rings. The van der Waals surface area contributed by atoms with Gasteiger partial charge in [0.15, 0.2) is 0 Å². The Hall–Kier alpha value is -1.88. The van der Waals surface area contributed by atoms with Crippen molar-refractivity contribution in [2.24, 2.45) is 0 Å². The van der Waals surface area contributed by atoms with Gasteiger partial charge in [-0.05, 0) is 29.7 Å². The summed E-state index contributed by atoms with van der Waals surface area (Å²) in [4.78, 5) is 0. The van der Waals surface area contributed by atoms with E-state index < -0.39 is 6.10 Å². The van der Waals surface area contributed by atoms with Gasteiger partial charge in [0.1, 0.15) is 18.5 Å². The van der Waals surface area contributed by atoms with Gasteiger partial charge in [-0.3, -0.25) is 0 Å². The summed E-state index contributed by atoms with van der Waals surface area (Å²) in [5, 5.41) is 13.3. The third kappa shape index (κ3) is 4.55. The molecular formula is C19H23NO3. The molecule has 4 nitrogen and oxygen atoms in total. The number of aliphatic hydroxyl groups excluding tert-OH is 1. The van der Waals surface area contributed by atoms with E-state index in [2.05, 4.69) is 23.5 Å². The van der Waals surface area contributed by atoms with Gasteiger partial charge < -0.3 is 19.9 Å². The summed E-state index contributed by atoms with van der Waals surface area (Å²) < 4.78 is 11.4. The molecule has 23 heavy (non-hydrogen) atoms. The van der Waals surface area contributed by atoms with E-state index in [-0.39, 0.29) is 12.7 Å². The van der Waals surface area contributed by atoms with Crippen molar-refractivity contribution in [2.45, 2.75) is 18.6 Å². The van der Waals surface area contributed by atoms with Gasteiger partial charge in [0.05, 0.1) is 12.7 Å². The predicted molar refractivity (Wildman–Crippen MR) is 89.7 cm³/mol. The first-order valence-electron chi connectivity index (χ1n) is 8.09. The highest BCUT2D eigenvalue weighted by molar-refractivity contribution is 5.31. The van der Waals surface area contributed by atoms with Crippen LogP contribution in [0.1, 0.15) is 17.2 Å². The van der Waals surface area contributed by atoms with E-state index in [1.165, 1.54) is 11.1 Å². The Kier molecular flexibility index (Phi) is 5.64. The SMILES string of the molecule is O[C@@H](CNC[C@@H]1OCCc2ccccc21)COc1ccccc1. The molecule has 0 unspecified atom stereocenters. The Morgan fingerprint density at radius 3 is 2.78 bits per heavy atom. The van der Waals surface area contributed by atoms with Crippen LogP contribution in [0.5, 0.6) is 5.75 Å². The number of hydrogen-bond donors (Lipinski definition) is 2. The fourth-order valence-electron chi connectivity index (χ4n) is 2.79. The molecule has 0 aliphatic carbocycles. The zero-order valence-electron chi connectivity index (χ0n) is 13.2. The van der Waals surface area contributed by atoms with Crippen LogP contribution in [-0.2, 0) is 11.2 Å². The van der Waals surface area contributed by atoms with Crippen LogP contribution in [0.3, 0.4) is 0 Å². The van der Waals surface area contributed by atoms with Crippen molar-refractivity contribution in [1.82, 2.24) is 5.32 Å². The predicted octanol–water partition coefficient (Wildman–Crippen LogP) is 2.33. The highest BCUT2D eigenvalue weighted by atomic mass is 16.5. The molecule has 2 aromatic carbocycles. The molecule has 0 fully saturated rings. The molecule has 0 saturated heterocycles. The first kappa shape index (κ1) is 16.0. The lowest BCUT2D eigenvalue weighted by Gasteiger charge is -2.26. The molecule has 0 aromatic heterocycles. The molecule has 0 bridgehead atoms. The Labute approximate surface area is 137 Å². The molecule has 0 radical (unpaired) electrons. The van der Waals surface area contributed by atoms with Crippen molar-refractivity contribution in [1.29, 1.82) is 0 Å². The highest BCUT2D eigenvalue weighted by Crippen LogP contribution is 2.26. The lowest BCUT2D eigenvalue weighted by atomic mass is 9.97. The molecule has 3 rings (SSSR count). The van der Waals surface area contributed by atoms with E-state index in [0.717, 1.165) is 18.8 Å². The fraction of sp³-hybridized carbons (Fsp3) is 0.368. The maximum Gasteiger partial charge on any atom is 0.119 e. The molecule has 122 valence electrons. The summed E-state index contributed by atoms with van der Waals surface area (Å²) in [6.07, 6.45) is 0.483. The Morgan fingerprint density at radius 2 is 1.91 bits per heavy atom. The zero-order chi connectivity index (χ0) is 15.9. The Morgan fingerprint density at radius 1 is 1.13 bits per heavy atom. The van der Waals surface area contributed by atoms with Gasteiger partial charge in [-0.2, -0.15) is 0 Å². The number of aliphatic hydroxyl groups is 1. The van der Waals surface area contributed by atoms with E-state index in [1.54, 1.807) is 0 Å². The molecule has 4 heteroatoms. The molecule has 1 heterocycles. The first-order valence-corrected chi connectivity index (χ1v) is 8.09. The summed E-state index contributed by atoms with van der Waals surface area (Å²) >= 11 is 0. The van der Waals surface area contributed by atoms with E-state index in [9.17, 15) is 5.11 Å². The van der Waals surface area contributed by atoms with Gasteiger partial charge in [-0.15, -0.1) is 0 Å². The average Bonchev–Trinajstić information content (AvgIpc) is 2.61. The van der Waals surface area contributed by atoms with E-state index in [4.69, 9.17) is 9.47 Å². The van der Waals surface area contributed by atoms with Crippen molar-refractivity contribution in [2.75, 3.05) is 26.3 Å². The van der Waals surface area contributed by atoms with Gasteiger partial charge >= 0.3 is 0 Å². The summed E-state index contributed by atoms with van der Waals surface area (Å²) in [6, 6.07) is 17.9. The smallest absolute Gasteiger partial charge is 0.119 e. The second kappa shape index (κ2) is 8.11. The third-order valence-electron chi connectivity index (χ3n) is 3.99. The summed E-state index contributed by atoms with van der Waals surface area (Å²) in [6.45, 7) is 2.20. The Balaban J connectivity index is 1.41. The van der Waals surface area contributed by atoms with Crippen molar-refractivity contribution >= 4 is 0 Å². The van der Waals surface area contributed by atoms with Crippen LogP contribution >= 0.6 is 0 Å². The van der Waals surface area contributed by atoms with E-state index in [1.807, 2.05) is 36.4 Å². The van der Waals surface area contributed by atoms with Crippen LogP contribution in [0.2, 0.25) is 0 Å². The summed E-state index contributed by atoms with van der Waals surface area (Å²) in [5.41, 5.74) is 2.61.